The van der Waals surface area contributed by atoms with Gasteiger partial charge in [0, 0.05) is 31.9 Å². The van der Waals surface area contributed by atoms with E-state index < -0.39 is 0 Å². The second-order valence-corrected chi connectivity index (χ2v) is 5.60. The number of nitrogens with zero attached hydrogens (tertiary/aromatic N) is 2. The van der Waals surface area contributed by atoms with Crippen LogP contribution >= 0.6 is 0 Å². The van der Waals surface area contributed by atoms with Crippen molar-refractivity contribution in [3.05, 3.63) is 71.8 Å². The largest absolute Gasteiger partial charge is 0.368 e. The smallest absolute Gasteiger partial charge is 0.0446 e. The van der Waals surface area contributed by atoms with Gasteiger partial charge in [-0.3, -0.25) is 0 Å². The molecule has 1 aliphatic heterocycles. The van der Waals surface area contributed by atoms with Crippen molar-refractivity contribution >= 4 is 11.8 Å². The van der Waals surface area contributed by atoms with Gasteiger partial charge in [0.1, 0.15) is 0 Å². The van der Waals surface area contributed by atoms with E-state index in [9.17, 15) is 0 Å². The van der Waals surface area contributed by atoms with Crippen LogP contribution in [0.25, 0.3) is 11.8 Å². The molecule has 2 aromatic rings. The van der Waals surface area contributed by atoms with Crippen molar-refractivity contribution in [2.24, 2.45) is 0 Å². The maximum atomic E-state index is 2.50. The fourth-order valence-corrected chi connectivity index (χ4v) is 2.72. The van der Waals surface area contributed by atoms with Gasteiger partial charge in [-0.25, -0.2) is 0 Å². The lowest BCUT2D eigenvalue weighted by molar-refractivity contribution is 0.208. The zero-order valence-corrected chi connectivity index (χ0v) is 12.6. The lowest BCUT2D eigenvalue weighted by atomic mass is 10.1. The Labute approximate surface area is 127 Å². The number of hydrogen-bond donors (Lipinski definition) is 0. The van der Waals surface area contributed by atoms with E-state index in [1.54, 1.807) is 0 Å². The molecule has 0 spiro atoms. The zero-order chi connectivity index (χ0) is 14.5. The number of benzene rings is 2. The molecule has 0 bridgehead atoms. The third kappa shape index (κ3) is 3.53. The molecule has 0 unspecified atom stereocenters. The molecule has 21 heavy (non-hydrogen) atoms. The zero-order valence-electron chi connectivity index (χ0n) is 12.6. The quantitative estimate of drug-likeness (QED) is 0.794. The summed E-state index contributed by atoms with van der Waals surface area (Å²) in [7, 11) is 2.19. The van der Waals surface area contributed by atoms with Crippen LogP contribution in [-0.4, -0.2) is 43.0 Å². The SMILES string of the molecule is CN1CCN(/C(=C/c2ccccc2)c2ccccc2)CC1. The summed E-state index contributed by atoms with van der Waals surface area (Å²) in [5, 5.41) is 0. The van der Waals surface area contributed by atoms with Crippen molar-refractivity contribution in [1.82, 2.24) is 9.80 Å². The molecular weight excluding hydrogens is 256 g/mol. The minimum Gasteiger partial charge on any atom is -0.368 e. The van der Waals surface area contributed by atoms with E-state index in [1.807, 2.05) is 0 Å². The van der Waals surface area contributed by atoms with E-state index in [1.165, 1.54) is 16.8 Å². The number of piperazine rings is 1. The van der Waals surface area contributed by atoms with Gasteiger partial charge in [-0.05, 0) is 24.3 Å². The number of likely N-dealkylation sites (N-methyl/N-ethyl adjacent to an activating group) is 1. The minimum atomic E-state index is 1.09. The Morgan fingerprint density at radius 1 is 0.810 bits per heavy atom. The molecule has 108 valence electrons. The number of hydrogen-bond acceptors (Lipinski definition) is 2. The summed E-state index contributed by atoms with van der Waals surface area (Å²) in [4.78, 5) is 4.89. The Bertz CT molecular complexity index is 581. The Morgan fingerprint density at radius 2 is 1.38 bits per heavy atom. The van der Waals surface area contributed by atoms with E-state index >= 15 is 0 Å². The van der Waals surface area contributed by atoms with Crippen molar-refractivity contribution in [3.63, 3.8) is 0 Å². The fraction of sp³-hybridized carbons (Fsp3) is 0.263. The predicted molar refractivity (Wildman–Crippen MR) is 89.8 cm³/mol. The van der Waals surface area contributed by atoms with Crippen molar-refractivity contribution in [1.29, 1.82) is 0 Å². The fourth-order valence-electron chi connectivity index (χ4n) is 2.72. The summed E-state index contributed by atoms with van der Waals surface area (Å²) in [6.07, 6.45) is 2.31. The summed E-state index contributed by atoms with van der Waals surface area (Å²) in [5.74, 6) is 0. The third-order valence-corrected chi connectivity index (χ3v) is 4.02. The average molecular weight is 278 g/mol. The van der Waals surface area contributed by atoms with E-state index in [4.69, 9.17) is 0 Å². The van der Waals surface area contributed by atoms with Gasteiger partial charge in [-0.1, -0.05) is 60.7 Å². The highest BCUT2D eigenvalue weighted by molar-refractivity contribution is 5.80. The molecule has 0 aliphatic carbocycles. The van der Waals surface area contributed by atoms with Crippen LogP contribution < -0.4 is 0 Å². The third-order valence-electron chi connectivity index (χ3n) is 4.02. The van der Waals surface area contributed by atoms with Gasteiger partial charge in [0.2, 0.25) is 0 Å². The lowest BCUT2D eigenvalue weighted by Gasteiger charge is -2.35. The highest BCUT2D eigenvalue weighted by Gasteiger charge is 2.17. The first-order chi connectivity index (χ1) is 10.3. The van der Waals surface area contributed by atoms with Crippen LogP contribution in [0.5, 0.6) is 0 Å². The Morgan fingerprint density at radius 3 is 2.00 bits per heavy atom. The first kappa shape index (κ1) is 13.9. The van der Waals surface area contributed by atoms with Gasteiger partial charge >= 0.3 is 0 Å². The maximum Gasteiger partial charge on any atom is 0.0446 e. The topological polar surface area (TPSA) is 6.48 Å². The summed E-state index contributed by atoms with van der Waals surface area (Å²) in [5.41, 5.74) is 3.89. The van der Waals surface area contributed by atoms with Gasteiger partial charge < -0.3 is 9.80 Å². The van der Waals surface area contributed by atoms with Gasteiger partial charge in [0.05, 0.1) is 0 Å². The van der Waals surface area contributed by atoms with Gasteiger partial charge in [-0.15, -0.1) is 0 Å². The van der Waals surface area contributed by atoms with Crippen LogP contribution in [0.4, 0.5) is 0 Å². The van der Waals surface area contributed by atoms with Crippen molar-refractivity contribution in [3.8, 4) is 0 Å². The first-order valence-corrected chi connectivity index (χ1v) is 7.58. The van der Waals surface area contributed by atoms with Crippen LogP contribution in [0.15, 0.2) is 60.7 Å². The molecule has 1 fully saturated rings. The second-order valence-electron chi connectivity index (χ2n) is 5.60. The molecule has 0 saturated carbocycles. The second kappa shape index (κ2) is 6.59. The molecule has 0 N–H and O–H groups in total. The molecular formula is C19H22N2. The Kier molecular flexibility index (Phi) is 4.37. The van der Waals surface area contributed by atoms with Crippen LogP contribution in [0.2, 0.25) is 0 Å². The molecule has 3 rings (SSSR count). The normalized spacial score (nSPS) is 17.0. The molecule has 0 radical (unpaired) electrons. The van der Waals surface area contributed by atoms with Gasteiger partial charge in [0.25, 0.3) is 0 Å². The summed E-state index contributed by atoms with van der Waals surface area (Å²) in [6.45, 7) is 4.42. The average Bonchev–Trinajstić information content (AvgIpc) is 2.55. The summed E-state index contributed by atoms with van der Waals surface area (Å²) >= 11 is 0. The summed E-state index contributed by atoms with van der Waals surface area (Å²) in [6, 6.07) is 21.3. The van der Waals surface area contributed by atoms with Crippen molar-refractivity contribution in [2.45, 2.75) is 0 Å². The highest BCUT2D eigenvalue weighted by Crippen LogP contribution is 2.23. The lowest BCUT2D eigenvalue weighted by Crippen LogP contribution is -2.43. The van der Waals surface area contributed by atoms with E-state index in [0.717, 1.165) is 26.2 Å². The Balaban J connectivity index is 1.94. The molecule has 2 heteroatoms. The van der Waals surface area contributed by atoms with Crippen LogP contribution in [0.1, 0.15) is 11.1 Å². The molecule has 1 saturated heterocycles. The number of rotatable bonds is 3. The van der Waals surface area contributed by atoms with Crippen LogP contribution in [0, 0.1) is 0 Å². The summed E-state index contributed by atoms with van der Waals surface area (Å²) < 4.78 is 0. The van der Waals surface area contributed by atoms with Crippen molar-refractivity contribution < 1.29 is 0 Å². The molecule has 2 aromatic carbocycles. The molecule has 0 atom stereocenters. The molecule has 1 heterocycles. The first-order valence-electron chi connectivity index (χ1n) is 7.58. The molecule has 0 aromatic heterocycles. The van der Waals surface area contributed by atoms with Gasteiger partial charge in [-0.2, -0.15) is 0 Å². The maximum absolute atomic E-state index is 2.50. The van der Waals surface area contributed by atoms with Crippen molar-refractivity contribution in [2.75, 3.05) is 33.2 Å². The standard InChI is InChI=1S/C19H22N2/c1-20-12-14-21(15-13-20)19(18-10-6-3-7-11-18)16-17-8-4-2-5-9-17/h2-11,16H,12-15H2,1H3/b19-16+. The van der Waals surface area contributed by atoms with Gasteiger partial charge in [0.15, 0.2) is 0 Å². The highest BCUT2D eigenvalue weighted by atomic mass is 15.2. The van der Waals surface area contributed by atoms with E-state index in [0.29, 0.717) is 0 Å². The van der Waals surface area contributed by atoms with E-state index in [-0.39, 0.29) is 0 Å². The molecule has 2 nitrogen and oxygen atoms in total. The molecule has 1 aliphatic rings. The molecule has 0 amide bonds. The monoisotopic (exact) mass is 278 g/mol. The van der Waals surface area contributed by atoms with E-state index in [2.05, 4.69) is 83.6 Å². The van der Waals surface area contributed by atoms with Crippen LogP contribution in [0.3, 0.4) is 0 Å². The Hall–Kier alpha value is -2.06. The van der Waals surface area contributed by atoms with Crippen LogP contribution in [-0.2, 0) is 0 Å². The minimum absolute atomic E-state index is 1.09. The predicted octanol–water partition coefficient (Wildman–Crippen LogP) is 3.43.